The number of allylic oxidation sites excluding steroid dienone is 1. The van der Waals surface area contributed by atoms with Gasteiger partial charge < -0.3 is 0 Å². The normalized spacial score (nSPS) is 11.2. The van der Waals surface area contributed by atoms with Crippen molar-refractivity contribution in [3.63, 3.8) is 0 Å². The Labute approximate surface area is 58.6 Å². The molecule has 0 saturated carbocycles. The Kier molecular flexibility index (Phi) is 3.80. The average molecular weight is 173 g/mol. The van der Waals surface area contributed by atoms with Gasteiger partial charge in [-0.3, -0.25) is 4.57 Å². The molecule has 48 valence electrons. The standard InChI is InChI=1S/C4H7Cl2OP/c1-2-3-4-8(5,6)7/h2H,1,3-4H2. The predicted octanol–water partition coefficient (Wildman–Crippen LogP) is 3.23. The molecule has 0 fully saturated rings. The summed E-state index contributed by atoms with van der Waals surface area (Å²) in [6, 6.07) is 0. The molecule has 0 amide bonds. The first-order valence-corrected chi connectivity index (χ1v) is 5.86. The van der Waals surface area contributed by atoms with Gasteiger partial charge in [-0.1, -0.05) is 6.08 Å². The fourth-order valence-corrected chi connectivity index (χ4v) is 1.31. The molecule has 0 aromatic rings. The Morgan fingerprint density at radius 3 is 2.25 bits per heavy atom. The van der Waals surface area contributed by atoms with Gasteiger partial charge in [-0.05, 0) is 28.9 Å². The third-order valence-corrected chi connectivity index (χ3v) is 2.39. The van der Waals surface area contributed by atoms with E-state index >= 15 is 0 Å². The lowest BCUT2D eigenvalue weighted by Gasteiger charge is -1.94. The molecular weight excluding hydrogens is 166 g/mol. The van der Waals surface area contributed by atoms with E-state index < -0.39 is 5.85 Å². The average Bonchev–Trinajstić information content (AvgIpc) is 1.59. The first-order valence-electron chi connectivity index (χ1n) is 2.15. The topological polar surface area (TPSA) is 17.1 Å². The molecule has 0 unspecified atom stereocenters. The second-order valence-corrected chi connectivity index (χ2v) is 6.75. The van der Waals surface area contributed by atoms with E-state index in [1.54, 1.807) is 6.08 Å². The van der Waals surface area contributed by atoms with E-state index in [0.29, 0.717) is 12.6 Å². The van der Waals surface area contributed by atoms with Crippen LogP contribution in [0, 0.1) is 0 Å². The molecule has 0 N–H and O–H groups in total. The summed E-state index contributed by atoms with van der Waals surface area (Å²) in [5.41, 5.74) is 0. The Morgan fingerprint density at radius 1 is 1.62 bits per heavy atom. The van der Waals surface area contributed by atoms with Crippen LogP contribution in [-0.4, -0.2) is 6.16 Å². The van der Waals surface area contributed by atoms with Crippen molar-refractivity contribution in [2.75, 3.05) is 6.16 Å². The van der Waals surface area contributed by atoms with Gasteiger partial charge in [0, 0.05) is 6.16 Å². The van der Waals surface area contributed by atoms with E-state index in [9.17, 15) is 4.57 Å². The van der Waals surface area contributed by atoms with Crippen molar-refractivity contribution >= 4 is 28.3 Å². The van der Waals surface area contributed by atoms with E-state index in [1.807, 2.05) is 0 Å². The SMILES string of the molecule is C=CCCP(=O)(Cl)Cl. The molecule has 0 aromatic heterocycles. The Hall–Kier alpha value is 0.550. The third-order valence-electron chi connectivity index (χ3n) is 0.594. The molecule has 8 heavy (non-hydrogen) atoms. The maximum absolute atomic E-state index is 10.5. The molecule has 0 spiro atoms. The highest BCUT2D eigenvalue weighted by molar-refractivity contribution is 8.08. The van der Waals surface area contributed by atoms with Crippen molar-refractivity contribution in [1.29, 1.82) is 0 Å². The van der Waals surface area contributed by atoms with Crippen LogP contribution < -0.4 is 0 Å². The second kappa shape index (κ2) is 3.55. The molecule has 0 aromatic carbocycles. The fraction of sp³-hybridized carbons (Fsp3) is 0.500. The van der Waals surface area contributed by atoms with Gasteiger partial charge in [0.2, 0.25) is 0 Å². The summed E-state index contributed by atoms with van der Waals surface area (Å²) in [5.74, 6) is -2.81. The van der Waals surface area contributed by atoms with Gasteiger partial charge in [-0.15, -0.1) is 6.58 Å². The molecule has 4 heteroatoms. The summed E-state index contributed by atoms with van der Waals surface area (Å²) in [7, 11) is 0. The highest BCUT2D eigenvalue weighted by atomic mass is 35.9. The lowest BCUT2D eigenvalue weighted by atomic mass is 10.5. The molecule has 0 bridgehead atoms. The monoisotopic (exact) mass is 172 g/mol. The van der Waals surface area contributed by atoms with Crippen LogP contribution in [0.4, 0.5) is 0 Å². The smallest absolute Gasteiger partial charge is 0.253 e. The van der Waals surface area contributed by atoms with E-state index in [1.165, 1.54) is 0 Å². The quantitative estimate of drug-likeness (QED) is 0.472. The summed E-state index contributed by atoms with van der Waals surface area (Å²) >= 11 is 10.4. The van der Waals surface area contributed by atoms with Gasteiger partial charge in [-0.25, -0.2) is 0 Å². The lowest BCUT2D eigenvalue weighted by Crippen LogP contribution is -1.71. The zero-order chi connectivity index (χ0) is 6.62. The fourth-order valence-electron chi connectivity index (χ4n) is 0.242. The van der Waals surface area contributed by atoms with Crippen molar-refractivity contribution < 1.29 is 4.57 Å². The van der Waals surface area contributed by atoms with E-state index in [0.717, 1.165) is 0 Å². The maximum Gasteiger partial charge on any atom is 0.253 e. The van der Waals surface area contributed by atoms with Crippen molar-refractivity contribution in [3.05, 3.63) is 12.7 Å². The Balaban J connectivity index is 3.40. The molecule has 0 aliphatic heterocycles. The second-order valence-electron chi connectivity index (χ2n) is 1.37. The predicted molar refractivity (Wildman–Crippen MR) is 39.0 cm³/mol. The summed E-state index contributed by atoms with van der Waals surface area (Å²) in [6.07, 6.45) is 2.58. The largest absolute Gasteiger partial charge is 0.289 e. The van der Waals surface area contributed by atoms with Crippen molar-refractivity contribution in [2.24, 2.45) is 0 Å². The van der Waals surface area contributed by atoms with Crippen molar-refractivity contribution in [2.45, 2.75) is 6.42 Å². The Morgan fingerprint density at radius 2 is 2.12 bits per heavy atom. The molecule has 0 aliphatic carbocycles. The van der Waals surface area contributed by atoms with Gasteiger partial charge in [0.15, 0.2) is 0 Å². The number of hydrogen-bond acceptors (Lipinski definition) is 1. The first-order chi connectivity index (χ1) is 3.56. The zero-order valence-corrected chi connectivity index (χ0v) is 6.72. The van der Waals surface area contributed by atoms with Gasteiger partial charge in [0.25, 0.3) is 5.85 Å². The van der Waals surface area contributed by atoms with Crippen LogP contribution >= 0.6 is 28.3 Å². The summed E-state index contributed by atoms with van der Waals surface area (Å²) in [6.45, 7) is 3.43. The van der Waals surface area contributed by atoms with Gasteiger partial charge in [0.05, 0.1) is 0 Å². The van der Waals surface area contributed by atoms with Crippen LogP contribution in [-0.2, 0) is 4.57 Å². The summed E-state index contributed by atoms with van der Waals surface area (Å²) in [4.78, 5) is 0. The van der Waals surface area contributed by atoms with Gasteiger partial charge >= 0.3 is 0 Å². The van der Waals surface area contributed by atoms with E-state index in [2.05, 4.69) is 6.58 Å². The van der Waals surface area contributed by atoms with Gasteiger partial charge in [0.1, 0.15) is 0 Å². The van der Waals surface area contributed by atoms with Crippen LogP contribution in [0.5, 0.6) is 0 Å². The molecule has 1 nitrogen and oxygen atoms in total. The summed E-state index contributed by atoms with van der Waals surface area (Å²) in [5, 5.41) is 0. The number of hydrogen-bond donors (Lipinski definition) is 0. The molecule has 0 saturated heterocycles. The molecule has 0 rings (SSSR count). The van der Waals surface area contributed by atoms with E-state index in [-0.39, 0.29) is 0 Å². The third kappa shape index (κ3) is 6.55. The van der Waals surface area contributed by atoms with Crippen molar-refractivity contribution in [1.82, 2.24) is 0 Å². The molecule has 0 radical (unpaired) electrons. The number of rotatable bonds is 3. The molecule has 0 aliphatic rings. The van der Waals surface area contributed by atoms with Crippen LogP contribution in [0.3, 0.4) is 0 Å². The molecular formula is C4H7Cl2OP. The Bertz CT molecular complexity index is 117. The lowest BCUT2D eigenvalue weighted by molar-refractivity contribution is 0.592. The van der Waals surface area contributed by atoms with Crippen LogP contribution in [0.2, 0.25) is 0 Å². The minimum atomic E-state index is -2.81. The minimum absolute atomic E-state index is 0.333. The zero-order valence-electron chi connectivity index (χ0n) is 4.31. The minimum Gasteiger partial charge on any atom is -0.289 e. The van der Waals surface area contributed by atoms with Crippen LogP contribution in [0.25, 0.3) is 0 Å². The van der Waals surface area contributed by atoms with Crippen LogP contribution in [0.1, 0.15) is 6.42 Å². The van der Waals surface area contributed by atoms with Crippen molar-refractivity contribution in [3.8, 4) is 0 Å². The maximum atomic E-state index is 10.5. The molecule has 0 atom stereocenters. The highest BCUT2D eigenvalue weighted by Gasteiger charge is 2.10. The van der Waals surface area contributed by atoms with Crippen LogP contribution in [0.15, 0.2) is 12.7 Å². The summed E-state index contributed by atoms with van der Waals surface area (Å²) < 4.78 is 10.5. The van der Waals surface area contributed by atoms with E-state index in [4.69, 9.17) is 22.5 Å². The first kappa shape index (κ1) is 8.55. The van der Waals surface area contributed by atoms with Gasteiger partial charge in [-0.2, -0.15) is 0 Å². The highest BCUT2D eigenvalue weighted by Crippen LogP contribution is 2.56. The molecule has 0 heterocycles. The number of halogens is 2.